The molecule has 1 aromatic heterocycles. The van der Waals surface area contributed by atoms with Gasteiger partial charge in [0.25, 0.3) is 0 Å². The highest BCUT2D eigenvalue weighted by molar-refractivity contribution is 6.31. The van der Waals surface area contributed by atoms with Gasteiger partial charge in [-0.1, -0.05) is 18.5 Å². The smallest absolute Gasteiger partial charge is 0.401 e. The van der Waals surface area contributed by atoms with Gasteiger partial charge < -0.3 is 5.11 Å². The van der Waals surface area contributed by atoms with Crippen LogP contribution in [0.5, 0.6) is 0 Å². The molecule has 0 aliphatic heterocycles. The molecule has 0 spiro atoms. The number of aryl methyl sites for hydroxylation is 2. The molecule has 1 aromatic rings. The zero-order chi connectivity index (χ0) is 16.2. The van der Waals surface area contributed by atoms with Crippen molar-refractivity contribution >= 4 is 17.6 Å². The maximum Gasteiger partial charge on any atom is 0.401 e. The van der Waals surface area contributed by atoms with Crippen LogP contribution in [-0.2, 0) is 24.3 Å². The lowest BCUT2D eigenvalue weighted by molar-refractivity contribution is -0.155. The number of carboxylic acid groups (broad SMARTS) is 1. The molecule has 9 heteroatoms. The van der Waals surface area contributed by atoms with Crippen LogP contribution in [0.25, 0.3) is 0 Å². The van der Waals surface area contributed by atoms with Gasteiger partial charge in [0, 0.05) is 13.1 Å². The monoisotopic (exact) mass is 327 g/mol. The van der Waals surface area contributed by atoms with E-state index < -0.39 is 25.2 Å². The third-order valence-electron chi connectivity index (χ3n) is 2.83. The van der Waals surface area contributed by atoms with E-state index in [1.54, 1.807) is 6.92 Å². The number of carboxylic acids is 1. The van der Waals surface area contributed by atoms with Gasteiger partial charge in [-0.05, 0) is 13.3 Å². The van der Waals surface area contributed by atoms with Crippen molar-refractivity contribution in [2.75, 3.05) is 13.1 Å². The van der Waals surface area contributed by atoms with E-state index in [-0.39, 0.29) is 6.54 Å². The van der Waals surface area contributed by atoms with E-state index >= 15 is 0 Å². The molecule has 0 atom stereocenters. The average Bonchev–Trinajstić information content (AvgIpc) is 2.63. The fourth-order valence-electron chi connectivity index (χ4n) is 1.99. The average molecular weight is 328 g/mol. The molecule has 1 heterocycles. The lowest BCUT2D eigenvalue weighted by Crippen LogP contribution is -2.38. The predicted molar refractivity (Wildman–Crippen MR) is 71.3 cm³/mol. The first-order valence-corrected chi connectivity index (χ1v) is 6.80. The van der Waals surface area contributed by atoms with E-state index in [4.69, 9.17) is 16.7 Å². The van der Waals surface area contributed by atoms with Gasteiger partial charge in [-0.15, -0.1) is 0 Å². The Morgan fingerprint density at radius 2 is 2.05 bits per heavy atom. The van der Waals surface area contributed by atoms with Crippen LogP contribution in [0.1, 0.15) is 25.2 Å². The first kappa shape index (κ1) is 17.8. The van der Waals surface area contributed by atoms with Crippen molar-refractivity contribution in [2.24, 2.45) is 0 Å². The minimum absolute atomic E-state index is 0.217. The maximum atomic E-state index is 12.5. The van der Waals surface area contributed by atoms with Crippen molar-refractivity contribution < 1.29 is 23.1 Å². The number of alkyl halides is 3. The van der Waals surface area contributed by atoms with Gasteiger partial charge in [-0.2, -0.15) is 18.3 Å². The molecule has 0 radical (unpaired) electrons. The zero-order valence-electron chi connectivity index (χ0n) is 11.7. The fourth-order valence-corrected chi connectivity index (χ4v) is 2.32. The highest BCUT2D eigenvalue weighted by atomic mass is 35.5. The van der Waals surface area contributed by atoms with Crippen molar-refractivity contribution in [3.05, 3.63) is 16.4 Å². The summed E-state index contributed by atoms with van der Waals surface area (Å²) in [4.78, 5) is 11.5. The fraction of sp³-hybridized carbons (Fsp3) is 0.667. The summed E-state index contributed by atoms with van der Waals surface area (Å²) < 4.78 is 39.1. The molecular formula is C12H17ClF3N3O2. The second-order valence-corrected chi connectivity index (χ2v) is 4.91. The zero-order valence-corrected chi connectivity index (χ0v) is 12.5. The molecule has 0 aliphatic rings. The maximum absolute atomic E-state index is 12.5. The molecule has 0 amide bonds. The van der Waals surface area contributed by atoms with Gasteiger partial charge in [0.2, 0.25) is 0 Å². The van der Waals surface area contributed by atoms with E-state index in [0.29, 0.717) is 29.4 Å². The largest absolute Gasteiger partial charge is 0.480 e. The molecular weight excluding hydrogens is 311 g/mol. The van der Waals surface area contributed by atoms with Crippen LogP contribution < -0.4 is 0 Å². The number of halogens is 4. The summed E-state index contributed by atoms with van der Waals surface area (Å²) >= 11 is 6.12. The Hall–Kier alpha value is -1.28. The molecule has 1 N–H and O–H groups in total. The summed E-state index contributed by atoms with van der Waals surface area (Å²) in [6, 6.07) is 0. The Kier molecular flexibility index (Phi) is 6.03. The molecule has 21 heavy (non-hydrogen) atoms. The molecule has 1 rings (SSSR count). The summed E-state index contributed by atoms with van der Waals surface area (Å²) in [5.74, 6) is -1.33. The molecule has 0 saturated carbocycles. The Bertz CT molecular complexity index is 503. The topological polar surface area (TPSA) is 58.4 Å². The summed E-state index contributed by atoms with van der Waals surface area (Å²) in [5, 5.41) is 13.2. The number of nitrogens with zero attached hydrogens (tertiary/aromatic N) is 3. The van der Waals surface area contributed by atoms with Crippen molar-refractivity contribution in [1.29, 1.82) is 0 Å². The first-order chi connectivity index (χ1) is 9.67. The lowest BCUT2D eigenvalue weighted by Gasteiger charge is -2.22. The third kappa shape index (κ3) is 5.20. The number of hydrogen-bond acceptors (Lipinski definition) is 3. The highest BCUT2D eigenvalue weighted by Gasteiger charge is 2.32. The molecule has 120 valence electrons. The number of rotatable bonds is 7. The van der Waals surface area contributed by atoms with E-state index in [2.05, 4.69) is 5.10 Å². The summed E-state index contributed by atoms with van der Waals surface area (Å²) in [7, 11) is 0. The van der Waals surface area contributed by atoms with Crippen molar-refractivity contribution in [1.82, 2.24) is 14.7 Å². The second-order valence-electron chi connectivity index (χ2n) is 4.53. The van der Waals surface area contributed by atoms with Crippen LogP contribution in [0.3, 0.4) is 0 Å². The molecule has 0 fully saturated rings. The quantitative estimate of drug-likeness (QED) is 0.836. The molecule has 0 bridgehead atoms. The number of aromatic nitrogens is 2. The van der Waals surface area contributed by atoms with Crippen molar-refractivity contribution in [3.8, 4) is 0 Å². The van der Waals surface area contributed by atoms with Gasteiger partial charge in [-0.3, -0.25) is 14.4 Å². The van der Waals surface area contributed by atoms with Crippen LogP contribution in [0, 0.1) is 0 Å². The summed E-state index contributed by atoms with van der Waals surface area (Å²) in [5.41, 5.74) is 0.998. The Labute approximate surface area is 125 Å². The summed E-state index contributed by atoms with van der Waals surface area (Å²) in [6.45, 7) is 1.83. The van der Waals surface area contributed by atoms with Crippen LogP contribution >= 0.6 is 11.6 Å². The standard InChI is InChI=1S/C12H17ClF3N3O2/c1-3-8-11(13)9(19(4-2)17-8)5-18(6-10(20)21)7-12(14,15)16/h3-7H2,1-2H3,(H,20,21). The minimum atomic E-state index is -4.48. The Morgan fingerprint density at radius 3 is 2.48 bits per heavy atom. The summed E-state index contributed by atoms with van der Waals surface area (Å²) in [6.07, 6.45) is -3.93. The van der Waals surface area contributed by atoms with E-state index in [1.807, 2.05) is 6.92 Å². The highest BCUT2D eigenvalue weighted by Crippen LogP contribution is 2.25. The minimum Gasteiger partial charge on any atom is -0.480 e. The third-order valence-corrected chi connectivity index (χ3v) is 3.27. The lowest BCUT2D eigenvalue weighted by atomic mass is 10.3. The van der Waals surface area contributed by atoms with Crippen LogP contribution in [0.2, 0.25) is 5.02 Å². The van der Waals surface area contributed by atoms with Gasteiger partial charge in [0.05, 0.1) is 29.5 Å². The second kappa shape index (κ2) is 7.13. The Balaban J connectivity index is 3.02. The molecule has 0 aromatic carbocycles. The molecule has 5 nitrogen and oxygen atoms in total. The van der Waals surface area contributed by atoms with Crippen LogP contribution in [0.4, 0.5) is 13.2 Å². The number of hydrogen-bond donors (Lipinski definition) is 1. The van der Waals surface area contributed by atoms with Crippen LogP contribution in [0.15, 0.2) is 0 Å². The van der Waals surface area contributed by atoms with E-state index in [0.717, 1.165) is 4.90 Å². The molecule has 0 saturated heterocycles. The molecule has 0 aliphatic carbocycles. The van der Waals surface area contributed by atoms with Crippen LogP contribution in [-0.4, -0.2) is 45.0 Å². The van der Waals surface area contributed by atoms with Gasteiger partial charge >= 0.3 is 12.1 Å². The SMILES string of the molecule is CCc1nn(CC)c(CN(CC(=O)O)CC(F)(F)F)c1Cl. The van der Waals surface area contributed by atoms with E-state index in [1.165, 1.54) is 4.68 Å². The van der Waals surface area contributed by atoms with Crippen molar-refractivity contribution in [2.45, 2.75) is 39.5 Å². The first-order valence-electron chi connectivity index (χ1n) is 6.42. The normalized spacial score (nSPS) is 12.1. The molecule has 0 unspecified atom stereocenters. The Morgan fingerprint density at radius 1 is 1.43 bits per heavy atom. The van der Waals surface area contributed by atoms with Crippen molar-refractivity contribution in [3.63, 3.8) is 0 Å². The number of aliphatic carboxylic acids is 1. The van der Waals surface area contributed by atoms with Gasteiger partial charge in [0.15, 0.2) is 0 Å². The van der Waals surface area contributed by atoms with Gasteiger partial charge in [-0.25, -0.2) is 0 Å². The number of carbonyl (C=O) groups is 1. The predicted octanol–water partition coefficient (Wildman–Crippen LogP) is 2.57. The van der Waals surface area contributed by atoms with E-state index in [9.17, 15) is 18.0 Å². The van der Waals surface area contributed by atoms with Gasteiger partial charge in [0.1, 0.15) is 0 Å².